The van der Waals surface area contributed by atoms with Crippen LogP contribution >= 0.6 is 11.6 Å². The first-order chi connectivity index (χ1) is 13.2. The Bertz CT molecular complexity index is 872. The molecule has 7 nitrogen and oxygen atoms in total. The first-order valence-electron chi connectivity index (χ1n) is 9.21. The van der Waals surface area contributed by atoms with Gasteiger partial charge in [-0.25, -0.2) is 12.8 Å². The standard InChI is InChI=1S/C18H23ClFN3O4S/c1-12-10-14(12)18(25)21-5-4-17(24)22-6-8-23(9-7-22)28(26,27)13-2-3-16(20)15(19)11-13/h2-3,11-12,14H,4-10H2,1H3,(H,21,25). The Hall–Kier alpha value is -1.71. The number of rotatable bonds is 6. The van der Waals surface area contributed by atoms with Gasteiger partial charge in [0.15, 0.2) is 0 Å². The first-order valence-corrected chi connectivity index (χ1v) is 11.0. The molecule has 0 spiro atoms. The molecule has 2 unspecified atom stereocenters. The minimum atomic E-state index is -3.80. The van der Waals surface area contributed by atoms with Crippen molar-refractivity contribution in [1.82, 2.24) is 14.5 Å². The number of halogens is 2. The molecule has 1 aliphatic heterocycles. The average molecular weight is 432 g/mol. The predicted molar refractivity (Wildman–Crippen MR) is 102 cm³/mol. The van der Waals surface area contributed by atoms with Crippen LogP contribution in [-0.2, 0) is 19.6 Å². The van der Waals surface area contributed by atoms with Crippen LogP contribution in [0.5, 0.6) is 0 Å². The van der Waals surface area contributed by atoms with Gasteiger partial charge in [0.2, 0.25) is 21.8 Å². The van der Waals surface area contributed by atoms with E-state index in [9.17, 15) is 22.4 Å². The summed E-state index contributed by atoms with van der Waals surface area (Å²) in [4.78, 5) is 25.6. The molecule has 0 radical (unpaired) electrons. The summed E-state index contributed by atoms with van der Waals surface area (Å²) in [7, 11) is -3.80. The van der Waals surface area contributed by atoms with Gasteiger partial charge in [-0.3, -0.25) is 9.59 Å². The molecule has 1 N–H and O–H groups in total. The molecule has 0 aromatic heterocycles. The Morgan fingerprint density at radius 1 is 1.25 bits per heavy atom. The summed E-state index contributed by atoms with van der Waals surface area (Å²) in [5, 5.41) is 2.52. The van der Waals surface area contributed by atoms with E-state index in [1.165, 1.54) is 10.4 Å². The number of hydrogen-bond acceptors (Lipinski definition) is 4. The molecule has 1 saturated carbocycles. The van der Waals surface area contributed by atoms with Gasteiger partial charge in [0, 0.05) is 45.1 Å². The van der Waals surface area contributed by atoms with Gasteiger partial charge in [0.1, 0.15) is 5.82 Å². The normalized spacial score (nSPS) is 22.8. The summed E-state index contributed by atoms with van der Waals surface area (Å²) in [6, 6.07) is 3.29. The van der Waals surface area contributed by atoms with E-state index in [0.29, 0.717) is 5.92 Å². The smallest absolute Gasteiger partial charge is 0.243 e. The van der Waals surface area contributed by atoms with Crippen molar-refractivity contribution in [3.8, 4) is 0 Å². The summed E-state index contributed by atoms with van der Waals surface area (Å²) in [5.41, 5.74) is 0. The van der Waals surface area contributed by atoms with Crippen LogP contribution in [0.2, 0.25) is 5.02 Å². The maximum atomic E-state index is 13.3. The van der Waals surface area contributed by atoms with Crippen molar-refractivity contribution in [2.45, 2.75) is 24.7 Å². The largest absolute Gasteiger partial charge is 0.355 e. The van der Waals surface area contributed by atoms with E-state index in [4.69, 9.17) is 11.6 Å². The van der Waals surface area contributed by atoms with Crippen LogP contribution in [0.3, 0.4) is 0 Å². The Kier molecular flexibility index (Phi) is 6.26. The lowest BCUT2D eigenvalue weighted by Gasteiger charge is -2.34. The monoisotopic (exact) mass is 431 g/mol. The summed E-state index contributed by atoms with van der Waals surface area (Å²) < 4.78 is 39.9. The molecule has 1 heterocycles. The number of benzene rings is 1. The highest BCUT2D eigenvalue weighted by Gasteiger charge is 2.39. The highest BCUT2D eigenvalue weighted by Crippen LogP contribution is 2.37. The fourth-order valence-electron chi connectivity index (χ4n) is 3.23. The lowest BCUT2D eigenvalue weighted by atomic mass is 10.3. The molecule has 0 bridgehead atoms. The van der Waals surface area contributed by atoms with E-state index in [-0.39, 0.29) is 66.8 Å². The summed E-state index contributed by atoms with van der Waals surface area (Å²) in [6.45, 7) is 3.13. The molecule has 1 aliphatic carbocycles. The van der Waals surface area contributed by atoms with Crippen molar-refractivity contribution in [2.75, 3.05) is 32.7 Å². The van der Waals surface area contributed by atoms with Crippen molar-refractivity contribution >= 4 is 33.4 Å². The van der Waals surface area contributed by atoms with Gasteiger partial charge in [0.05, 0.1) is 9.92 Å². The molecular formula is C18H23ClFN3O4S. The van der Waals surface area contributed by atoms with Crippen LogP contribution in [-0.4, -0.2) is 62.2 Å². The molecule has 2 amide bonds. The summed E-state index contributed by atoms with van der Waals surface area (Å²) in [5.74, 6) is -0.315. The number of nitrogens with zero attached hydrogens (tertiary/aromatic N) is 2. The van der Waals surface area contributed by atoms with Crippen molar-refractivity contribution < 1.29 is 22.4 Å². The quantitative estimate of drug-likeness (QED) is 0.739. The lowest BCUT2D eigenvalue weighted by Crippen LogP contribution is -2.50. The molecule has 1 saturated heterocycles. The third-order valence-corrected chi connectivity index (χ3v) is 7.39. The zero-order chi connectivity index (χ0) is 20.5. The van der Waals surface area contributed by atoms with Gasteiger partial charge in [0.25, 0.3) is 0 Å². The number of piperazine rings is 1. The highest BCUT2D eigenvalue weighted by atomic mass is 35.5. The van der Waals surface area contributed by atoms with Gasteiger partial charge < -0.3 is 10.2 Å². The topological polar surface area (TPSA) is 86.8 Å². The van der Waals surface area contributed by atoms with Crippen LogP contribution in [0.15, 0.2) is 23.1 Å². The average Bonchev–Trinajstić information content (AvgIpc) is 3.40. The number of carbonyl (C=O) groups excluding carboxylic acids is 2. The minimum absolute atomic E-state index is 0.00540. The lowest BCUT2D eigenvalue weighted by molar-refractivity contribution is -0.132. The SMILES string of the molecule is CC1CC1C(=O)NCCC(=O)N1CCN(S(=O)(=O)c2ccc(F)c(Cl)c2)CC1. The molecule has 2 aliphatic rings. The Morgan fingerprint density at radius 2 is 1.89 bits per heavy atom. The van der Waals surface area contributed by atoms with Crippen LogP contribution < -0.4 is 5.32 Å². The van der Waals surface area contributed by atoms with E-state index in [1.807, 2.05) is 6.92 Å². The molecule has 1 aromatic rings. The molecule has 2 fully saturated rings. The van der Waals surface area contributed by atoms with Gasteiger partial charge >= 0.3 is 0 Å². The van der Waals surface area contributed by atoms with Crippen molar-refractivity contribution in [3.63, 3.8) is 0 Å². The van der Waals surface area contributed by atoms with Crippen LogP contribution in [0, 0.1) is 17.7 Å². The Morgan fingerprint density at radius 3 is 2.46 bits per heavy atom. The maximum absolute atomic E-state index is 13.3. The molecule has 28 heavy (non-hydrogen) atoms. The van der Waals surface area contributed by atoms with Crippen LogP contribution in [0.4, 0.5) is 4.39 Å². The van der Waals surface area contributed by atoms with Crippen LogP contribution in [0.25, 0.3) is 0 Å². The minimum Gasteiger partial charge on any atom is -0.355 e. The van der Waals surface area contributed by atoms with E-state index in [2.05, 4.69) is 5.32 Å². The number of nitrogens with one attached hydrogen (secondary N) is 1. The van der Waals surface area contributed by atoms with E-state index >= 15 is 0 Å². The second-order valence-electron chi connectivity index (χ2n) is 7.22. The third kappa shape index (κ3) is 4.64. The number of sulfonamides is 1. The maximum Gasteiger partial charge on any atom is 0.243 e. The zero-order valence-electron chi connectivity index (χ0n) is 15.5. The molecule has 10 heteroatoms. The predicted octanol–water partition coefficient (Wildman–Crippen LogP) is 1.47. The Balaban J connectivity index is 1.48. The molecule has 2 atom stereocenters. The van der Waals surface area contributed by atoms with Crippen molar-refractivity contribution in [2.24, 2.45) is 11.8 Å². The number of hydrogen-bond donors (Lipinski definition) is 1. The first kappa shape index (κ1) is 21.0. The number of carbonyl (C=O) groups is 2. The Labute approximate surface area is 168 Å². The molecule has 1 aromatic carbocycles. The van der Waals surface area contributed by atoms with Crippen molar-refractivity contribution in [3.05, 3.63) is 29.0 Å². The van der Waals surface area contributed by atoms with E-state index in [1.54, 1.807) is 4.90 Å². The van der Waals surface area contributed by atoms with Gasteiger partial charge in [-0.1, -0.05) is 18.5 Å². The van der Waals surface area contributed by atoms with E-state index < -0.39 is 15.8 Å². The van der Waals surface area contributed by atoms with Crippen molar-refractivity contribution in [1.29, 1.82) is 0 Å². The zero-order valence-corrected chi connectivity index (χ0v) is 17.1. The third-order valence-electron chi connectivity index (χ3n) is 5.20. The molecular weight excluding hydrogens is 409 g/mol. The van der Waals surface area contributed by atoms with Gasteiger partial charge in [-0.05, 0) is 30.5 Å². The number of amides is 2. The molecule has 154 valence electrons. The van der Waals surface area contributed by atoms with Gasteiger partial charge in [-0.2, -0.15) is 4.31 Å². The van der Waals surface area contributed by atoms with Crippen LogP contribution in [0.1, 0.15) is 19.8 Å². The molecule has 3 rings (SSSR count). The summed E-state index contributed by atoms with van der Waals surface area (Å²) >= 11 is 5.68. The van der Waals surface area contributed by atoms with E-state index in [0.717, 1.165) is 18.6 Å². The second kappa shape index (κ2) is 8.34. The fourth-order valence-corrected chi connectivity index (χ4v) is 4.93. The fraction of sp³-hybridized carbons (Fsp3) is 0.556. The summed E-state index contributed by atoms with van der Waals surface area (Å²) in [6.07, 6.45) is 1.09. The van der Waals surface area contributed by atoms with Gasteiger partial charge in [-0.15, -0.1) is 0 Å². The second-order valence-corrected chi connectivity index (χ2v) is 9.57. The highest BCUT2D eigenvalue weighted by molar-refractivity contribution is 7.89.